The first-order chi connectivity index (χ1) is 5.00. The molecule has 0 N–H and O–H groups in total. The van der Waals surface area contributed by atoms with Crippen LogP contribution in [-0.2, 0) is 0 Å². The van der Waals surface area contributed by atoms with E-state index >= 15 is 0 Å². The fourth-order valence-corrected chi connectivity index (χ4v) is 1.32. The molecule has 0 amide bonds. The second kappa shape index (κ2) is 5.52. The van der Waals surface area contributed by atoms with Crippen LogP contribution in [0, 0.1) is 6.42 Å². The van der Waals surface area contributed by atoms with Gasteiger partial charge in [0.25, 0.3) is 0 Å². The zero-order valence-corrected chi connectivity index (χ0v) is 6.68. The van der Waals surface area contributed by atoms with Crippen LogP contribution in [0.5, 0.6) is 0 Å². The molecule has 0 atom stereocenters. The lowest BCUT2D eigenvalue weighted by Gasteiger charge is -2.01. The summed E-state index contributed by atoms with van der Waals surface area (Å²) in [5.41, 5.74) is 0. The molecule has 1 radical (unpaired) electrons. The van der Waals surface area contributed by atoms with Crippen LogP contribution in [0.1, 0.15) is 44.9 Å². The van der Waals surface area contributed by atoms with Crippen molar-refractivity contribution in [3.63, 3.8) is 0 Å². The molecule has 0 bridgehead atoms. The molecular formula is C10H17. The Morgan fingerprint density at radius 2 is 1.40 bits per heavy atom. The molecule has 0 aliphatic heterocycles. The van der Waals surface area contributed by atoms with Gasteiger partial charge in [-0.3, -0.25) is 0 Å². The average molecular weight is 137 g/mol. The van der Waals surface area contributed by atoms with E-state index in [1.165, 1.54) is 44.9 Å². The standard InChI is InChI=1S/C10H17/c1-2-4-6-8-10-9-7-5-3-1/h1-2,7H,3-6,8-10H2. The van der Waals surface area contributed by atoms with Crippen LogP contribution in [0.3, 0.4) is 0 Å². The Hall–Kier alpha value is -0.260. The summed E-state index contributed by atoms with van der Waals surface area (Å²) >= 11 is 0. The normalized spacial score (nSPS) is 22.4. The molecule has 0 nitrogen and oxygen atoms in total. The molecule has 0 heteroatoms. The Labute approximate surface area is 64.3 Å². The van der Waals surface area contributed by atoms with E-state index in [2.05, 4.69) is 18.6 Å². The smallest absolute Gasteiger partial charge is 0.0348 e. The summed E-state index contributed by atoms with van der Waals surface area (Å²) in [6.45, 7) is 0. The maximum atomic E-state index is 2.43. The van der Waals surface area contributed by atoms with Gasteiger partial charge >= 0.3 is 0 Å². The minimum absolute atomic E-state index is 1.26. The van der Waals surface area contributed by atoms with E-state index in [0.717, 1.165) is 0 Å². The lowest BCUT2D eigenvalue weighted by Crippen LogP contribution is -1.82. The van der Waals surface area contributed by atoms with Gasteiger partial charge in [-0.1, -0.05) is 31.4 Å². The van der Waals surface area contributed by atoms with E-state index in [1.807, 2.05) is 0 Å². The number of hydrogen-bond acceptors (Lipinski definition) is 0. The first-order valence-electron chi connectivity index (χ1n) is 4.47. The topological polar surface area (TPSA) is 0 Å². The average Bonchev–Trinajstić information content (AvgIpc) is 2.01. The van der Waals surface area contributed by atoms with Gasteiger partial charge in [-0.25, -0.2) is 0 Å². The molecule has 0 spiro atoms. The van der Waals surface area contributed by atoms with Gasteiger partial charge in [0.2, 0.25) is 0 Å². The van der Waals surface area contributed by atoms with Crippen LogP contribution in [-0.4, -0.2) is 0 Å². The summed E-state index contributed by atoms with van der Waals surface area (Å²) in [4.78, 5) is 0. The number of hydrogen-bond donors (Lipinski definition) is 0. The van der Waals surface area contributed by atoms with Crippen LogP contribution in [0.2, 0.25) is 0 Å². The molecule has 1 aliphatic rings. The largest absolute Gasteiger partial charge is 0.0885 e. The molecule has 0 aromatic heterocycles. The fourth-order valence-electron chi connectivity index (χ4n) is 1.32. The Kier molecular flexibility index (Phi) is 4.33. The summed E-state index contributed by atoms with van der Waals surface area (Å²) in [6, 6.07) is 0. The highest BCUT2D eigenvalue weighted by molar-refractivity contribution is 4.84. The molecule has 0 heterocycles. The van der Waals surface area contributed by atoms with Crippen molar-refractivity contribution in [3.8, 4) is 0 Å². The van der Waals surface area contributed by atoms with Gasteiger partial charge < -0.3 is 0 Å². The molecule has 57 valence electrons. The predicted octanol–water partition coefficient (Wildman–Crippen LogP) is 3.49. The van der Waals surface area contributed by atoms with Crippen LogP contribution in [0.25, 0.3) is 0 Å². The molecular weight excluding hydrogens is 120 g/mol. The van der Waals surface area contributed by atoms with Crippen LogP contribution in [0.15, 0.2) is 12.2 Å². The fraction of sp³-hybridized carbons (Fsp3) is 0.700. The van der Waals surface area contributed by atoms with Crippen molar-refractivity contribution >= 4 is 0 Å². The van der Waals surface area contributed by atoms with E-state index in [0.29, 0.717) is 0 Å². The lowest BCUT2D eigenvalue weighted by molar-refractivity contribution is 0.661. The molecule has 10 heavy (non-hydrogen) atoms. The Bertz CT molecular complexity index is 80.2. The van der Waals surface area contributed by atoms with Crippen LogP contribution >= 0.6 is 0 Å². The Balaban J connectivity index is 2.13. The van der Waals surface area contributed by atoms with E-state index in [-0.39, 0.29) is 0 Å². The highest BCUT2D eigenvalue weighted by Gasteiger charge is 1.91. The maximum Gasteiger partial charge on any atom is -0.0348 e. The zero-order valence-electron chi connectivity index (χ0n) is 6.68. The minimum atomic E-state index is 1.26. The Morgan fingerprint density at radius 1 is 0.600 bits per heavy atom. The lowest BCUT2D eigenvalue weighted by atomic mass is 10.1. The Morgan fingerprint density at radius 3 is 2.40 bits per heavy atom. The van der Waals surface area contributed by atoms with Gasteiger partial charge in [0.15, 0.2) is 0 Å². The van der Waals surface area contributed by atoms with Gasteiger partial charge in [-0.2, -0.15) is 0 Å². The second-order valence-electron chi connectivity index (χ2n) is 2.98. The monoisotopic (exact) mass is 137 g/mol. The maximum absolute atomic E-state index is 2.43. The third-order valence-electron chi connectivity index (χ3n) is 1.98. The molecule has 0 aromatic rings. The first kappa shape index (κ1) is 7.84. The van der Waals surface area contributed by atoms with Crippen molar-refractivity contribution in [1.29, 1.82) is 0 Å². The first-order valence-corrected chi connectivity index (χ1v) is 4.47. The third kappa shape index (κ3) is 3.71. The van der Waals surface area contributed by atoms with Crippen molar-refractivity contribution in [2.24, 2.45) is 0 Å². The van der Waals surface area contributed by atoms with Crippen molar-refractivity contribution < 1.29 is 0 Å². The number of allylic oxidation sites excluding steroid dienone is 2. The SMILES string of the molecule is [CH]1CCC=CCCCCC1. The van der Waals surface area contributed by atoms with E-state index < -0.39 is 0 Å². The summed E-state index contributed by atoms with van der Waals surface area (Å²) in [5, 5.41) is 0. The molecule has 0 aromatic carbocycles. The van der Waals surface area contributed by atoms with Crippen molar-refractivity contribution in [2.45, 2.75) is 44.9 Å². The van der Waals surface area contributed by atoms with Crippen molar-refractivity contribution in [2.75, 3.05) is 0 Å². The van der Waals surface area contributed by atoms with Crippen LogP contribution < -0.4 is 0 Å². The summed E-state index contributed by atoms with van der Waals surface area (Å²) in [5.74, 6) is 0. The van der Waals surface area contributed by atoms with Gasteiger partial charge in [-0.15, -0.1) is 0 Å². The summed E-state index contributed by atoms with van der Waals surface area (Å²) in [6.07, 6.45) is 16.5. The van der Waals surface area contributed by atoms with E-state index in [9.17, 15) is 0 Å². The summed E-state index contributed by atoms with van der Waals surface area (Å²) in [7, 11) is 0. The quantitative estimate of drug-likeness (QED) is 0.448. The second-order valence-corrected chi connectivity index (χ2v) is 2.98. The molecule has 1 rings (SSSR count). The molecule has 0 saturated heterocycles. The van der Waals surface area contributed by atoms with Crippen molar-refractivity contribution in [3.05, 3.63) is 18.6 Å². The predicted molar refractivity (Wildman–Crippen MR) is 45.8 cm³/mol. The van der Waals surface area contributed by atoms with Gasteiger partial charge in [0, 0.05) is 0 Å². The van der Waals surface area contributed by atoms with Crippen molar-refractivity contribution in [1.82, 2.24) is 0 Å². The number of rotatable bonds is 0. The van der Waals surface area contributed by atoms with Crippen LogP contribution in [0.4, 0.5) is 0 Å². The molecule has 0 fully saturated rings. The van der Waals surface area contributed by atoms with Gasteiger partial charge in [0.05, 0.1) is 0 Å². The highest BCUT2D eigenvalue weighted by atomic mass is 14.0. The van der Waals surface area contributed by atoms with E-state index in [4.69, 9.17) is 0 Å². The molecule has 0 saturated carbocycles. The van der Waals surface area contributed by atoms with E-state index in [1.54, 1.807) is 0 Å². The van der Waals surface area contributed by atoms with Gasteiger partial charge in [-0.05, 0) is 32.1 Å². The zero-order chi connectivity index (χ0) is 7.07. The highest BCUT2D eigenvalue weighted by Crippen LogP contribution is 2.10. The summed E-state index contributed by atoms with van der Waals surface area (Å²) < 4.78 is 0. The minimum Gasteiger partial charge on any atom is -0.0885 e. The molecule has 0 unspecified atom stereocenters. The van der Waals surface area contributed by atoms with Gasteiger partial charge in [0.1, 0.15) is 0 Å². The third-order valence-corrected chi connectivity index (χ3v) is 1.98. The molecule has 1 aliphatic carbocycles.